The fourth-order valence-electron chi connectivity index (χ4n) is 2.26. The second-order valence-corrected chi connectivity index (χ2v) is 5.60. The van der Waals surface area contributed by atoms with E-state index in [9.17, 15) is 14.4 Å². The number of ketones is 1. The Morgan fingerprint density at radius 2 is 1.50 bits per heavy atom. The zero-order valence-corrected chi connectivity index (χ0v) is 14.6. The van der Waals surface area contributed by atoms with Crippen LogP contribution in [0.25, 0.3) is 0 Å². The van der Waals surface area contributed by atoms with Crippen molar-refractivity contribution in [3.05, 3.63) is 65.2 Å². The van der Waals surface area contributed by atoms with E-state index in [1.807, 2.05) is 6.92 Å². The van der Waals surface area contributed by atoms with E-state index in [-0.39, 0.29) is 25.2 Å². The van der Waals surface area contributed by atoms with E-state index in [0.29, 0.717) is 23.5 Å². The van der Waals surface area contributed by atoms with Gasteiger partial charge in [-0.1, -0.05) is 12.1 Å². The summed E-state index contributed by atoms with van der Waals surface area (Å²) in [4.78, 5) is 34.9. The van der Waals surface area contributed by atoms with Gasteiger partial charge in [0.1, 0.15) is 12.4 Å². The Hall–Kier alpha value is -3.15. The molecule has 6 heteroatoms. The molecule has 2 N–H and O–H groups in total. The maximum absolute atomic E-state index is 12.1. The van der Waals surface area contributed by atoms with Crippen LogP contribution in [-0.2, 0) is 16.1 Å². The molecule has 0 aliphatic carbocycles. The highest BCUT2D eigenvalue weighted by Gasteiger charge is 2.11. The van der Waals surface area contributed by atoms with Crippen LogP contribution in [0.4, 0.5) is 0 Å². The smallest absolute Gasteiger partial charge is 0.306 e. The topological polar surface area (TPSA) is 95.7 Å². The molecule has 0 spiro atoms. The molecule has 0 aliphatic heterocycles. The summed E-state index contributed by atoms with van der Waals surface area (Å²) < 4.78 is 10.5. The maximum atomic E-state index is 12.1. The molecule has 0 fully saturated rings. The normalized spacial score (nSPS) is 10.2. The van der Waals surface area contributed by atoms with Gasteiger partial charge in [-0.25, -0.2) is 0 Å². The first-order valence-corrected chi connectivity index (χ1v) is 8.30. The van der Waals surface area contributed by atoms with E-state index in [2.05, 4.69) is 0 Å². The summed E-state index contributed by atoms with van der Waals surface area (Å²) in [5.74, 6) is -0.397. The number of hydrogen-bond donors (Lipinski definition) is 1. The van der Waals surface area contributed by atoms with Gasteiger partial charge in [0.15, 0.2) is 5.78 Å². The molecule has 2 aromatic carbocycles. The zero-order valence-electron chi connectivity index (χ0n) is 14.6. The zero-order chi connectivity index (χ0) is 18.9. The minimum absolute atomic E-state index is 0.00537. The van der Waals surface area contributed by atoms with Gasteiger partial charge in [0.2, 0.25) is 5.91 Å². The van der Waals surface area contributed by atoms with E-state index in [0.717, 1.165) is 5.56 Å². The molecule has 2 aromatic rings. The molecule has 0 bridgehead atoms. The molecule has 0 aromatic heterocycles. The van der Waals surface area contributed by atoms with E-state index in [1.54, 1.807) is 48.5 Å². The average molecular weight is 355 g/mol. The summed E-state index contributed by atoms with van der Waals surface area (Å²) in [6.45, 7) is 2.52. The number of carbonyl (C=O) groups is 3. The Morgan fingerprint density at radius 1 is 0.885 bits per heavy atom. The van der Waals surface area contributed by atoms with Crippen LogP contribution in [0.3, 0.4) is 0 Å². The quantitative estimate of drug-likeness (QED) is 0.551. The molecule has 0 saturated heterocycles. The Bertz CT molecular complexity index is 766. The fraction of sp³-hybridized carbons (Fsp3) is 0.250. The highest BCUT2D eigenvalue weighted by Crippen LogP contribution is 2.14. The van der Waals surface area contributed by atoms with Gasteiger partial charge in [0.25, 0.3) is 0 Å². The highest BCUT2D eigenvalue weighted by molar-refractivity contribution is 5.97. The largest absolute Gasteiger partial charge is 0.494 e. The summed E-state index contributed by atoms with van der Waals surface area (Å²) in [5.41, 5.74) is 6.82. The minimum Gasteiger partial charge on any atom is -0.494 e. The summed E-state index contributed by atoms with van der Waals surface area (Å²) in [6.07, 6.45) is 0.0822. The predicted molar refractivity (Wildman–Crippen MR) is 95.9 cm³/mol. The lowest BCUT2D eigenvalue weighted by Crippen LogP contribution is -2.11. The summed E-state index contributed by atoms with van der Waals surface area (Å²) in [7, 11) is 0. The average Bonchev–Trinajstić information content (AvgIpc) is 2.65. The van der Waals surface area contributed by atoms with Gasteiger partial charge >= 0.3 is 5.97 Å². The Labute approximate surface area is 151 Å². The van der Waals surface area contributed by atoms with E-state index >= 15 is 0 Å². The molecule has 0 aliphatic rings. The number of primary amides is 1. The molecule has 26 heavy (non-hydrogen) atoms. The minimum atomic E-state index is -0.513. The maximum Gasteiger partial charge on any atom is 0.306 e. The summed E-state index contributed by atoms with van der Waals surface area (Å²) in [6, 6.07) is 13.3. The number of amides is 1. The SMILES string of the molecule is CCOc1ccc(C(=O)CCC(=O)OCc2ccc(C(N)=O)cc2)cc1. The van der Waals surface area contributed by atoms with Crippen molar-refractivity contribution in [3.63, 3.8) is 0 Å². The first-order valence-electron chi connectivity index (χ1n) is 8.30. The lowest BCUT2D eigenvalue weighted by Gasteiger charge is -2.06. The number of esters is 1. The van der Waals surface area contributed by atoms with E-state index in [4.69, 9.17) is 15.2 Å². The first kappa shape index (κ1) is 19.2. The third-order valence-corrected chi connectivity index (χ3v) is 3.68. The van der Waals surface area contributed by atoms with E-state index in [1.165, 1.54) is 0 Å². The van der Waals surface area contributed by atoms with Gasteiger partial charge < -0.3 is 15.2 Å². The van der Waals surface area contributed by atoms with Crippen molar-refractivity contribution in [3.8, 4) is 5.75 Å². The van der Waals surface area contributed by atoms with Crippen LogP contribution in [0.2, 0.25) is 0 Å². The van der Waals surface area contributed by atoms with Crippen LogP contribution < -0.4 is 10.5 Å². The van der Waals surface area contributed by atoms with Crippen LogP contribution in [0, 0.1) is 0 Å². The molecule has 136 valence electrons. The molecule has 0 saturated carbocycles. The molecule has 1 amide bonds. The molecular weight excluding hydrogens is 334 g/mol. The number of Topliss-reactive ketones (excluding diaryl/α,β-unsaturated/α-hetero) is 1. The van der Waals surface area contributed by atoms with Gasteiger partial charge in [-0.3, -0.25) is 14.4 Å². The molecular formula is C20H21NO5. The van der Waals surface area contributed by atoms with Gasteiger partial charge in [0, 0.05) is 17.5 Å². The van der Waals surface area contributed by atoms with Gasteiger partial charge in [0.05, 0.1) is 13.0 Å². The molecule has 2 rings (SSSR count). The van der Waals surface area contributed by atoms with Crippen molar-refractivity contribution in [2.45, 2.75) is 26.4 Å². The molecule has 0 atom stereocenters. The standard InChI is InChI=1S/C20H21NO5/c1-2-25-17-9-7-15(8-10-17)18(22)11-12-19(23)26-13-14-3-5-16(6-4-14)20(21)24/h3-10H,2,11-13H2,1H3,(H2,21,24). The number of carbonyl (C=O) groups excluding carboxylic acids is 3. The van der Waals surface area contributed by atoms with Crippen molar-refractivity contribution in [1.29, 1.82) is 0 Å². The number of rotatable bonds is 9. The summed E-state index contributed by atoms with van der Waals surface area (Å²) >= 11 is 0. The molecule has 0 radical (unpaired) electrons. The highest BCUT2D eigenvalue weighted by atomic mass is 16.5. The first-order chi connectivity index (χ1) is 12.5. The van der Waals surface area contributed by atoms with Crippen molar-refractivity contribution < 1.29 is 23.9 Å². The molecule has 6 nitrogen and oxygen atoms in total. The van der Waals surface area contributed by atoms with Crippen LogP contribution in [0.1, 0.15) is 46.0 Å². The monoisotopic (exact) mass is 355 g/mol. The van der Waals surface area contributed by atoms with Crippen LogP contribution >= 0.6 is 0 Å². The van der Waals surface area contributed by atoms with Crippen LogP contribution in [0.5, 0.6) is 5.75 Å². The second kappa shape index (κ2) is 9.36. The van der Waals surface area contributed by atoms with E-state index < -0.39 is 11.9 Å². The number of ether oxygens (including phenoxy) is 2. The van der Waals surface area contributed by atoms with Crippen LogP contribution in [-0.4, -0.2) is 24.3 Å². The van der Waals surface area contributed by atoms with Gasteiger partial charge in [-0.2, -0.15) is 0 Å². The number of nitrogens with two attached hydrogens (primary N) is 1. The number of benzene rings is 2. The third kappa shape index (κ3) is 5.73. The lowest BCUT2D eigenvalue weighted by molar-refractivity contribution is -0.144. The van der Waals surface area contributed by atoms with Gasteiger partial charge in [-0.15, -0.1) is 0 Å². The Balaban J connectivity index is 1.77. The van der Waals surface area contributed by atoms with Gasteiger partial charge in [-0.05, 0) is 48.9 Å². The molecule has 0 heterocycles. The van der Waals surface area contributed by atoms with Crippen LogP contribution in [0.15, 0.2) is 48.5 Å². The fourth-order valence-corrected chi connectivity index (χ4v) is 2.26. The lowest BCUT2D eigenvalue weighted by atomic mass is 10.1. The second-order valence-electron chi connectivity index (χ2n) is 5.60. The van der Waals surface area contributed by atoms with Crippen molar-refractivity contribution in [2.24, 2.45) is 5.73 Å². The summed E-state index contributed by atoms with van der Waals surface area (Å²) in [5, 5.41) is 0. The Kier molecular flexibility index (Phi) is 6.91. The van der Waals surface area contributed by atoms with Crippen molar-refractivity contribution in [2.75, 3.05) is 6.61 Å². The Morgan fingerprint density at radius 3 is 2.08 bits per heavy atom. The molecule has 0 unspecified atom stereocenters. The number of hydrogen-bond acceptors (Lipinski definition) is 5. The third-order valence-electron chi connectivity index (χ3n) is 3.68. The predicted octanol–water partition coefficient (Wildman–Crippen LogP) is 2.89. The van der Waals surface area contributed by atoms with Crippen molar-refractivity contribution >= 4 is 17.7 Å². The van der Waals surface area contributed by atoms with Crippen molar-refractivity contribution in [1.82, 2.24) is 0 Å².